The fourth-order valence-electron chi connectivity index (χ4n) is 4.50. The van der Waals surface area contributed by atoms with Gasteiger partial charge in [0, 0.05) is 72.6 Å². The molecular weight excluding hydrogens is 528 g/mol. The van der Waals surface area contributed by atoms with Crippen LogP contribution in [0, 0.1) is 0 Å². The molecule has 198 valence electrons. The third kappa shape index (κ3) is 6.12. The Morgan fingerprint density at radius 1 is 1.11 bits per heavy atom. The minimum atomic E-state index is -3.00. The van der Waals surface area contributed by atoms with Crippen molar-refractivity contribution in [2.45, 2.75) is 6.42 Å². The van der Waals surface area contributed by atoms with Crippen LogP contribution in [0.1, 0.15) is 15.9 Å². The topological polar surface area (TPSA) is 125 Å². The first-order chi connectivity index (χ1) is 18.1. The molecule has 0 spiro atoms. The van der Waals surface area contributed by atoms with Gasteiger partial charge in [-0.2, -0.15) is 0 Å². The number of nitrogens with zero attached hydrogens (tertiary/aromatic N) is 4. The van der Waals surface area contributed by atoms with Gasteiger partial charge in [-0.15, -0.1) is 0 Å². The van der Waals surface area contributed by atoms with Crippen LogP contribution in [0.5, 0.6) is 0 Å². The third-order valence-electron chi connectivity index (χ3n) is 6.55. The highest BCUT2D eigenvalue weighted by Gasteiger charge is 2.23. The van der Waals surface area contributed by atoms with Gasteiger partial charge < -0.3 is 15.5 Å². The number of amides is 2. The number of benzene rings is 2. The molecule has 5 rings (SSSR count). The molecule has 0 bridgehead atoms. The number of nitrogens with one attached hydrogen (secondary N) is 2. The van der Waals surface area contributed by atoms with Crippen LogP contribution in [-0.2, 0) is 21.1 Å². The van der Waals surface area contributed by atoms with Gasteiger partial charge in [-0.3, -0.25) is 14.5 Å². The molecule has 0 unspecified atom stereocenters. The minimum Gasteiger partial charge on any atom is -0.336 e. The van der Waals surface area contributed by atoms with E-state index < -0.39 is 9.84 Å². The number of anilines is 3. The number of halogens is 1. The summed E-state index contributed by atoms with van der Waals surface area (Å²) in [6.45, 7) is 2.88. The van der Waals surface area contributed by atoms with Gasteiger partial charge in [0.15, 0.2) is 0 Å². The second kappa shape index (κ2) is 10.7. The predicted molar refractivity (Wildman–Crippen MR) is 147 cm³/mol. The van der Waals surface area contributed by atoms with Gasteiger partial charge >= 0.3 is 0 Å². The molecule has 0 aliphatic carbocycles. The molecule has 0 saturated carbocycles. The van der Waals surface area contributed by atoms with Gasteiger partial charge in [-0.05, 0) is 42.5 Å². The van der Waals surface area contributed by atoms with Crippen molar-refractivity contribution in [2.24, 2.45) is 0 Å². The van der Waals surface area contributed by atoms with Crippen molar-refractivity contribution in [1.29, 1.82) is 0 Å². The molecule has 2 N–H and O–H groups in total. The van der Waals surface area contributed by atoms with Crippen LogP contribution >= 0.6 is 11.6 Å². The number of hydrogen-bond donors (Lipinski definition) is 2. The maximum absolute atomic E-state index is 13.0. The lowest BCUT2D eigenvalue weighted by molar-refractivity contribution is -0.115. The van der Waals surface area contributed by atoms with Crippen molar-refractivity contribution in [2.75, 3.05) is 55.4 Å². The predicted octanol–water partition coefficient (Wildman–Crippen LogP) is 2.84. The third-order valence-corrected chi connectivity index (χ3v) is 7.71. The summed E-state index contributed by atoms with van der Waals surface area (Å²) in [5.74, 6) is 0.266. The van der Waals surface area contributed by atoms with Crippen molar-refractivity contribution in [3.63, 3.8) is 0 Å². The zero-order valence-corrected chi connectivity index (χ0v) is 22.3. The molecule has 1 saturated heterocycles. The zero-order chi connectivity index (χ0) is 26.9. The second-order valence-electron chi connectivity index (χ2n) is 9.45. The summed E-state index contributed by atoms with van der Waals surface area (Å²) >= 11 is 6.12. The van der Waals surface area contributed by atoms with Crippen molar-refractivity contribution in [3.05, 3.63) is 64.8 Å². The normalized spacial score (nSPS) is 15.7. The summed E-state index contributed by atoms with van der Waals surface area (Å²) in [6, 6.07) is 12.4. The molecule has 0 atom stereocenters. The highest BCUT2D eigenvalue weighted by atomic mass is 35.5. The van der Waals surface area contributed by atoms with Crippen LogP contribution < -0.4 is 10.6 Å². The van der Waals surface area contributed by atoms with Gasteiger partial charge in [0.2, 0.25) is 11.9 Å². The molecule has 0 radical (unpaired) electrons. The van der Waals surface area contributed by atoms with E-state index in [2.05, 4.69) is 25.5 Å². The molecule has 3 heterocycles. The monoisotopic (exact) mass is 554 g/mol. The van der Waals surface area contributed by atoms with E-state index >= 15 is 0 Å². The molecule has 12 heteroatoms. The van der Waals surface area contributed by atoms with Gasteiger partial charge in [0.05, 0.1) is 23.6 Å². The summed E-state index contributed by atoms with van der Waals surface area (Å²) in [6.07, 6.45) is 3.03. The van der Waals surface area contributed by atoms with Crippen LogP contribution in [0.2, 0.25) is 5.02 Å². The number of rotatable bonds is 6. The largest absolute Gasteiger partial charge is 0.336 e. The molecule has 3 aromatic rings. The van der Waals surface area contributed by atoms with Gasteiger partial charge in [-0.1, -0.05) is 11.6 Å². The van der Waals surface area contributed by atoms with E-state index in [0.717, 1.165) is 5.56 Å². The molecule has 2 aliphatic rings. The molecule has 1 fully saturated rings. The van der Waals surface area contributed by atoms with Crippen molar-refractivity contribution in [1.82, 2.24) is 19.8 Å². The van der Waals surface area contributed by atoms with Crippen LogP contribution in [0.15, 0.2) is 48.7 Å². The number of hydrogen-bond acceptors (Lipinski definition) is 8. The smallest absolute Gasteiger partial charge is 0.253 e. The lowest BCUT2D eigenvalue weighted by Gasteiger charge is -2.34. The Kier molecular flexibility index (Phi) is 7.33. The highest BCUT2D eigenvalue weighted by molar-refractivity contribution is 7.90. The van der Waals surface area contributed by atoms with Crippen LogP contribution in [0.4, 0.5) is 17.3 Å². The minimum absolute atomic E-state index is 0.0620. The summed E-state index contributed by atoms with van der Waals surface area (Å²) in [5.41, 5.74) is 4.01. The molecule has 1 aromatic heterocycles. The Balaban J connectivity index is 1.25. The average molecular weight is 555 g/mol. The Morgan fingerprint density at radius 2 is 1.84 bits per heavy atom. The number of carbonyl (C=O) groups excluding carboxylic acids is 2. The van der Waals surface area contributed by atoms with E-state index in [1.807, 2.05) is 6.07 Å². The maximum Gasteiger partial charge on any atom is 0.253 e. The second-order valence-corrected chi connectivity index (χ2v) is 12.1. The van der Waals surface area contributed by atoms with E-state index in [4.69, 9.17) is 11.6 Å². The number of carbonyl (C=O) groups is 2. The number of fused-ring (bicyclic) bond motifs is 3. The Morgan fingerprint density at radius 3 is 2.55 bits per heavy atom. The van der Waals surface area contributed by atoms with Crippen LogP contribution in [-0.4, -0.2) is 84.7 Å². The fourth-order valence-corrected chi connectivity index (χ4v) is 5.26. The van der Waals surface area contributed by atoms with Crippen molar-refractivity contribution < 1.29 is 18.0 Å². The van der Waals surface area contributed by atoms with E-state index in [1.54, 1.807) is 47.5 Å². The average Bonchev–Trinajstić information content (AvgIpc) is 3.02. The van der Waals surface area contributed by atoms with E-state index in [1.165, 1.54) is 6.26 Å². The van der Waals surface area contributed by atoms with Gasteiger partial charge in [-0.25, -0.2) is 18.4 Å². The SMILES string of the molecule is CS(=O)(=O)CCN1CCN(C(=O)c2ccc(Nc3ncc4c(n3)-c3ccc(Cl)cc3NC(=O)C4)cc2)CC1. The Labute approximate surface area is 225 Å². The van der Waals surface area contributed by atoms with E-state index in [0.29, 0.717) is 71.9 Å². The van der Waals surface area contributed by atoms with E-state index in [-0.39, 0.29) is 24.0 Å². The summed E-state index contributed by atoms with van der Waals surface area (Å²) in [5, 5.41) is 6.55. The highest BCUT2D eigenvalue weighted by Crippen LogP contribution is 2.34. The number of sulfone groups is 1. The lowest BCUT2D eigenvalue weighted by Crippen LogP contribution is -2.49. The first-order valence-electron chi connectivity index (χ1n) is 12.2. The molecule has 38 heavy (non-hydrogen) atoms. The molecule has 2 amide bonds. The summed E-state index contributed by atoms with van der Waals surface area (Å²) in [4.78, 5) is 38.2. The first kappa shape index (κ1) is 26.1. The van der Waals surface area contributed by atoms with Crippen LogP contribution in [0.3, 0.4) is 0 Å². The van der Waals surface area contributed by atoms with Crippen molar-refractivity contribution in [3.8, 4) is 11.3 Å². The zero-order valence-electron chi connectivity index (χ0n) is 20.8. The Bertz CT molecular complexity index is 1490. The molecule has 10 nitrogen and oxygen atoms in total. The molecule has 2 aliphatic heterocycles. The first-order valence-corrected chi connectivity index (χ1v) is 14.6. The standard InChI is InChI=1S/C26H27ClN6O4S/c1-38(36,37)13-12-32-8-10-33(11-9-32)25(35)17-2-5-20(6-3-17)29-26-28-16-18-14-23(34)30-22-15-19(27)4-7-21(22)24(18)31-26/h2-7,15-16H,8-14H2,1H3,(H,30,34)(H,28,29,31). The maximum atomic E-state index is 13.0. The van der Waals surface area contributed by atoms with Crippen molar-refractivity contribution >= 4 is 50.6 Å². The van der Waals surface area contributed by atoms with Gasteiger partial charge in [0.25, 0.3) is 5.91 Å². The quantitative estimate of drug-likeness (QED) is 0.476. The molecular formula is C26H27ClN6O4S. The van der Waals surface area contributed by atoms with E-state index in [9.17, 15) is 18.0 Å². The summed E-state index contributed by atoms with van der Waals surface area (Å²) in [7, 11) is -3.00. The van der Waals surface area contributed by atoms with Gasteiger partial charge in [0.1, 0.15) is 9.84 Å². The lowest BCUT2D eigenvalue weighted by atomic mass is 10.1. The summed E-state index contributed by atoms with van der Waals surface area (Å²) < 4.78 is 22.8. The number of piperazine rings is 1. The van der Waals surface area contributed by atoms with Crippen LogP contribution in [0.25, 0.3) is 11.3 Å². The molecule has 2 aromatic carbocycles. The fraction of sp³-hybridized carbons (Fsp3) is 0.308. The number of aromatic nitrogens is 2. The Hall–Kier alpha value is -3.54.